The predicted octanol–water partition coefficient (Wildman–Crippen LogP) is 0.575. The minimum atomic E-state index is -1.08. The Morgan fingerprint density at radius 3 is 3.00 bits per heavy atom. The van der Waals surface area contributed by atoms with Crippen molar-refractivity contribution in [1.82, 2.24) is 14.9 Å². The highest BCUT2D eigenvalue weighted by molar-refractivity contribution is 7.98. The maximum absolute atomic E-state index is 10.6. The van der Waals surface area contributed by atoms with Crippen molar-refractivity contribution in [3.8, 4) is 0 Å². The summed E-state index contributed by atoms with van der Waals surface area (Å²) in [5.74, 6) is 5.33. The van der Waals surface area contributed by atoms with Crippen molar-refractivity contribution in [3.05, 3.63) is 30.0 Å². The van der Waals surface area contributed by atoms with Crippen LogP contribution in [0.3, 0.4) is 0 Å². The van der Waals surface area contributed by atoms with Gasteiger partial charge in [-0.05, 0) is 12.1 Å². The lowest BCUT2D eigenvalue weighted by atomic mass is 10.4. The second-order valence-electron chi connectivity index (χ2n) is 2.88. The van der Waals surface area contributed by atoms with E-state index in [1.807, 2.05) is 0 Å². The summed E-state index contributed by atoms with van der Waals surface area (Å²) < 4.78 is 6.35. The second kappa shape index (κ2) is 4.27. The van der Waals surface area contributed by atoms with Gasteiger partial charge in [-0.2, -0.15) is 0 Å². The fourth-order valence-electron chi connectivity index (χ4n) is 1.04. The van der Waals surface area contributed by atoms with Crippen LogP contribution < -0.4 is 5.84 Å². The molecule has 0 aliphatic heterocycles. The number of carboxylic acids is 1. The van der Waals surface area contributed by atoms with E-state index in [-0.39, 0.29) is 5.76 Å². The van der Waals surface area contributed by atoms with E-state index in [4.69, 9.17) is 15.4 Å². The summed E-state index contributed by atoms with van der Waals surface area (Å²) in [5, 5.41) is 16.6. The number of hydrogen-bond donors (Lipinski definition) is 2. The van der Waals surface area contributed by atoms with Crippen molar-refractivity contribution in [2.75, 3.05) is 5.84 Å². The minimum absolute atomic E-state index is 0.0789. The molecule has 16 heavy (non-hydrogen) atoms. The van der Waals surface area contributed by atoms with Gasteiger partial charge in [0.15, 0.2) is 0 Å². The fourth-order valence-corrected chi connectivity index (χ4v) is 1.77. The van der Waals surface area contributed by atoms with E-state index in [0.29, 0.717) is 16.7 Å². The summed E-state index contributed by atoms with van der Waals surface area (Å²) in [6.45, 7) is 0. The van der Waals surface area contributed by atoms with Crippen molar-refractivity contribution < 1.29 is 14.3 Å². The molecule has 0 aliphatic carbocycles. The molecule has 0 aromatic carbocycles. The van der Waals surface area contributed by atoms with E-state index < -0.39 is 5.97 Å². The number of nitrogens with zero attached hydrogens (tertiary/aromatic N) is 3. The van der Waals surface area contributed by atoms with Gasteiger partial charge in [0.25, 0.3) is 0 Å². The molecule has 7 nitrogen and oxygen atoms in total. The van der Waals surface area contributed by atoms with Gasteiger partial charge < -0.3 is 15.4 Å². The van der Waals surface area contributed by atoms with Crippen molar-refractivity contribution >= 4 is 17.7 Å². The van der Waals surface area contributed by atoms with Gasteiger partial charge in [0.2, 0.25) is 10.9 Å². The number of aromatic nitrogens is 3. The molecule has 0 saturated heterocycles. The van der Waals surface area contributed by atoms with E-state index >= 15 is 0 Å². The summed E-state index contributed by atoms with van der Waals surface area (Å²) in [6.07, 6.45) is 1.38. The number of aromatic carboxylic acids is 1. The molecule has 2 aromatic heterocycles. The third-order valence-corrected chi connectivity index (χ3v) is 2.74. The summed E-state index contributed by atoms with van der Waals surface area (Å²) >= 11 is 1.31. The summed E-state index contributed by atoms with van der Waals surface area (Å²) in [6, 6.07) is 3.01. The Bertz CT molecular complexity index is 507. The number of hydrogen-bond acceptors (Lipinski definition) is 6. The van der Waals surface area contributed by atoms with E-state index in [9.17, 15) is 4.79 Å². The zero-order valence-electron chi connectivity index (χ0n) is 8.03. The smallest absolute Gasteiger partial charge is 0.371 e. The standard InChI is InChI=1S/C8H8N4O3S/c9-12-4-10-11-8(12)16-3-5-1-2-6(15-5)7(13)14/h1-2,4H,3,9H2,(H,13,14). The molecule has 0 saturated carbocycles. The van der Waals surface area contributed by atoms with Crippen LogP contribution in [0.15, 0.2) is 28.0 Å². The molecule has 0 fully saturated rings. The quantitative estimate of drug-likeness (QED) is 0.594. The molecule has 2 heterocycles. The molecular weight excluding hydrogens is 232 g/mol. The second-order valence-corrected chi connectivity index (χ2v) is 3.82. The molecule has 8 heteroatoms. The first-order chi connectivity index (χ1) is 7.66. The van der Waals surface area contributed by atoms with Crippen molar-refractivity contribution in [3.63, 3.8) is 0 Å². The average Bonchev–Trinajstić information content (AvgIpc) is 2.83. The van der Waals surface area contributed by atoms with Crippen LogP contribution in [-0.2, 0) is 5.75 Å². The van der Waals surface area contributed by atoms with Gasteiger partial charge in [-0.3, -0.25) is 0 Å². The van der Waals surface area contributed by atoms with E-state index in [0.717, 1.165) is 0 Å². The molecule has 84 valence electrons. The monoisotopic (exact) mass is 240 g/mol. The summed E-state index contributed by atoms with van der Waals surface area (Å²) in [7, 11) is 0. The van der Waals surface area contributed by atoms with Crippen LogP contribution in [-0.4, -0.2) is 25.9 Å². The molecule has 0 radical (unpaired) electrons. The summed E-state index contributed by atoms with van der Waals surface area (Å²) in [5.41, 5.74) is 0. The Morgan fingerprint density at radius 2 is 2.44 bits per heavy atom. The molecule has 0 bridgehead atoms. The largest absolute Gasteiger partial charge is 0.475 e. The van der Waals surface area contributed by atoms with Crippen LogP contribution in [0.2, 0.25) is 0 Å². The van der Waals surface area contributed by atoms with Crippen molar-refractivity contribution in [2.45, 2.75) is 10.9 Å². The van der Waals surface area contributed by atoms with Crippen LogP contribution in [0.4, 0.5) is 0 Å². The van der Waals surface area contributed by atoms with Crippen LogP contribution in [0, 0.1) is 0 Å². The van der Waals surface area contributed by atoms with Gasteiger partial charge in [0.05, 0.1) is 5.75 Å². The topological polar surface area (TPSA) is 107 Å². The molecule has 2 aromatic rings. The first-order valence-electron chi connectivity index (χ1n) is 4.26. The molecule has 0 spiro atoms. The van der Waals surface area contributed by atoms with Crippen LogP contribution >= 0.6 is 11.8 Å². The van der Waals surface area contributed by atoms with E-state index in [1.54, 1.807) is 6.07 Å². The van der Waals surface area contributed by atoms with Gasteiger partial charge in [-0.25, -0.2) is 9.47 Å². The normalized spacial score (nSPS) is 10.5. The Morgan fingerprint density at radius 1 is 1.62 bits per heavy atom. The minimum Gasteiger partial charge on any atom is -0.475 e. The summed E-state index contributed by atoms with van der Waals surface area (Å²) in [4.78, 5) is 10.6. The van der Waals surface area contributed by atoms with Gasteiger partial charge in [-0.1, -0.05) is 11.8 Å². The highest BCUT2D eigenvalue weighted by atomic mass is 32.2. The van der Waals surface area contributed by atoms with Crippen molar-refractivity contribution in [1.29, 1.82) is 0 Å². The molecular formula is C8H8N4O3S. The lowest BCUT2D eigenvalue weighted by Crippen LogP contribution is -2.07. The van der Waals surface area contributed by atoms with Crippen LogP contribution in [0.1, 0.15) is 16.3 Å². The Labute approximate surface area is 94.2 Å². The molecule has 0 amide bonds. The lowest BCUT2D eigenvalue weighted by Gasteiger charge is -1.97. The molecule has 0 aliphatic rings. The maximum Gasteiger partial charge on any atom is 0.371 e. The van der Waals surface area contributed by atoms with Gasteiger partial charge in [-0.15, -0.1) is 10.2 Å². The fraction of sp³-hybridized carbons (Fsp3) is 0.125. The third kappa shape index (κ3) is 2.16. The Balaban J connectivity index is 2.00. The number of nitrogens with two attached hydrogens (primary N) is 1. The number of furan rings is 1. The number of carbonyl (C=O) groups is 1. The van der Waals surface area contributed by atoms with E-state index in [1.165, 1.54) is 28.8 Å². The molecule has 0 atom stereocenters. The van der Waals surface area contributed by atoms with Crippen LogP contribution in [0.5, 0.6) is 0 Å². The predicted molar refractivity (Wildman–Crippen MR) is 55.4 cm³/mol. The maximum atomic E-state index is 10.6. The highest BCUT2D eigenvalue weighted by Gasteiger charge is 2.10. The van der Waals surface area contributed by atoms with Gasteiger partial charge in [0.1, 0.15) is 12.1 Å². The number of nitrogen functional groups attached to an aromatic ring is 1. The zero-order valence-corrected chi connectivity index (χ0v) is 8.85. The highest BCUT2D eigenvalue weighted by Crippen LogP contribution is 2.20. The first kappa shape index (κ1) is 10.6. The average molecular weight is 240 g/mol. The molecule has 2 rings (SSSR count). The number of thioether (sulfide) groups is 1. The van der Waals surface area contributed by atoms with Crippen molar-refractivity contribution in [2.24, 2.45) is 0 Å². The first-order valence-corrected chi connectivity index (χ1v) is 5.25. The van der Waals surface area contributed by atoms with E-state index in [2.05, 4.69) is 10.2 Å². The van der Waals surface area contributed by atoms with Crippen LogP contribution in [0.25, 0.3) is 0 Å². The van der Waals surface area contributed by atoms with Gasteiger partial charge in [0, 0.05) is 0 Å². The Hall–Kier alpha value is -1.96. The number of carboxylic acid groups (broad SMARTS) is 1. The molecule has 3 N–H and O–H groups in total. The Kier molecular flexibility index (Phi) is 2.82. The lowest BCUT2D eigenvalue weighted by molar-refractivity contribution is 0.0661. The van der Waals surface area contributed by atoms with Gasteiger partial charge >= 0.3 is 5.97 Å². The SMILES string of the molecule is Nn1cnnc1SCc1ccc(C(=O)O)o1. The third-order valence-electron chi connectivity index (χ3n) is 1.76. The zero-order chi connectivity index (χ0) is 11.5. The number of rotatable bonds is 4. The molecule has 0 unspecified atom stereocenters.